The van der Waals surface area contributed by atoms with Gasteiger partial charge < -0.3 is 5.32 Å². The predicted octanol–water partition coefficient (Wildman–Crippen LogP) is 2.71. The van der Waals surface area contributed by atoms with Gasteiger partial charge in [0, 0.05) is 22.4 Å². The first kappa shape index (κ1) is 15.7. The van der Waals surface area contributed by atoms with Crippen LogP contribution in [0.1, 0.15) is 10.4 Å². The summed E-state index contributed by atoms with van der Waals surface area (Å²) in [5.74, 6) is 0. The van der Waals surface area contributed by atoms with Crippen molar-refractivity contribution < 1.29 is 8.42 Å². The van der Waals surface area contributed by atoms with E-state index in [1.807, 2.05) is 23.6 Å². The lowest BCUT2D eigenvalue weighted by molar-refractivity contribution is 0.580. The lowest BCUT2D eigenvalue weighted by atomic mass is 10.2. The minimum Gasteiger partial charge on any atom is -0.316 e. The van der Waals surface area contributed by atoms with E-state index in [9.17, 15) is 8.42 Å². The SMILES string of the molecule is CNCc1ccccc1S(=O)(=O)NCc1sccc1Br. The molecule has 0 spiro atoms. The van der Waals surface area contributed by atoms with Crippen molar-refractivity contribution in [3.05, 3.63) is 50.6 Å². The van der Waals surface area contributed by atoms with Gasteiger partial charge in [0.2, 0.25) is 10.0 Å². The smallest absolute Gasteiger partial charge is 0.241 e. The van der Waals surface area contributed by atoms with Gasteiger partial charge in [-0.15, -0.1) is 11.3 Å². The van der Waals surface area contributed by atoms with Crippen LogP contribution in [-0.2, 0) is 23.1 Å². The van der Waals surface area contributed by atoms with Crippen molar-refractivity contribution in [1.82, 2.24) is 10.0 Å². The van der Waals surface area contributed by atoms with Crippen LogP contribution in [0.5, 0.6) is 0 Å². The summed E-state index contributed by atoms with van der Waals surface area (Å²) in [5, 5.41) is 4.90. The van der Waals surface area contributed by atoms with Gasteiger partial charge in [0.15, 0.2) is 0 Å². The lowest BCUT2D eigenvalue weighted by Crippen LogP contribution is -2.25. The largest absolute Gasteiger partial charge is 0.316 e. The van der Waals surface area contributed by atoms with Gasteiger partial charge in [-0.25, -0.2) is 13.1 Å². The summed E-state index contributed by atoms with van der Waals surface area (Å²) in [6, 6.07) is 8.91. The lowest BCUT2D eigenvalue weighted by Gasteiger charge is -2.11. The van der Waals surface area contributed by atoms with Gasteiger partial charge in [-0.3, -0.25) is 0 Å². The molecule has 0 atom stereocenters. The number of thiophene rings is 1. The van der Waals surface area contributed by atoms with E-state index >= 15 is 0 Å². The summed E-state index contributed by atoms with van der Waals surface area (Å²) in [6.45, 7) is 0.800. The van der Waals surface area contributed by atoms with Crippen molar-refractivity contribution in [2.45, 2.75) is 18.0 Å². The quantitative estimate of drug-likeness (QED) is 0.816. The highest BCUT2D eigenvalue weighted by molar-refractivity contribution is 9.10. The zero-order chi connectivity index (χ0) is 14.6. The van der Waals surface area contributed by atoms with Crippen LogP contribution >= 0.6 is 27.3 Å². The van der Waals surface area contributed by atoms with Gasteiger partial charge in [-0.2, -0.15) is 0 Å². The third-order valence-electron chi connectivity index (χ3n) is 2.74. The third kappa shape index (κ3) is 3.67. The van der Waals surface area contributed by atoms with Crippen LogP contribution < -0.4 is 10.0 Å². The Bertz CT molecular complexity index is 683. The minimum absolute atomic E-state index is 0.286. The fourth-order valence-electron chi connectivity index (χ4n) is 1.79. The van der Waals surface area contributed by atoms with Gasteiger partial charge in [-0.1, -0.05) is 18.2 Å². The molecule has 0 aliphatic rings. The van der Waals surface area contributed by atoms with Gasteiger partial charge >= 0.3 is 0 Å². The molecular weight excluding hydrogens is 360 g/mol. The van der Waals surface area contributed by atoms with Crippen LogP contribution in [0.15, 0.2) is 45.1 Å². The Morgan fingerprint density at radius 1 is 1.20 bits per heavy atom. The van der Waals surface area contributed by atoms with Crippen molar-refractivity contribution in [1.29, 1.82) is 0 Å². The van der Waals surface area contributed by atoms with E-state index in [1.54, 1.807) is 19.2 Å². The number of benzene rings is 1. The Morgan fingerprint density at radius 2 is 1.95 bits per heavy atom. The molecule has 0 aliphatic carbocycles. The first-order valence-corrected chi connectivity index (χ1v) is 9.14. The van der Waals surface area contributed by atoms with E-state index in [2.05, 4.69) is 26.0 Å². The zero-order valence-electron chi connectivity index (χ0n) is 10.9. The van der Waals surface area contributed by atoms with E-state index in [0.717, 1.165) is 14.9 Å². The summed E-state index contributed by atoms with van der Waals surface area (Å²) >= 11 is 4.91. The van der Waals surface area contributed by atoms with E-state index in [1.165, 1.54) is 11.3 Å². The molecule has 2 N–H and O–H groups in total. The van der Waals surface area contributed by atoms with E-state index in [4.69, 9.17) is 0 Å². The second-order valence-electron chi connectivity index (χ2n) is 4.15. The fourth-order valence-corrected chi connectivity index (χ4v) is 4.55. The number of sulfonamides is 1. The molecule has 1 aromatic carbocycles. The van der Waals surface area contributed by atoms with Crippen LogP contribution in [0.2, 0.25) is 0 Å². The molecule has 7 heteroatoms. The summed E-state index contributed by atoms with van der Waals surface area (Å²) in [6.07, 6.45) is 0. The summed E-state index contributed by atoms with van der Waals surface area (Å²) in [7, 11) is -1.72. The minimum atomic E-state index is -3.51. The maximum Gasteiger partial charge on any atom is 0.241 e. The maximum absolute atomic E-state index is 12.4. The van der Waals surface area contributed by atoms with Crippen LogP contribution in [0, 0.1) is 0 Å². The Labute approximate surface area is 131 Å². The normalized spacial score (nSPS) is 11.7. The number of nitrogens with one attached hydrogen (secondary N) is 2. The summed E-state index contributed by atoms with van der Waals surface area (Å²) in [4.78, 5) is 1.28. The maximum atomic E-state index is 12.4. The Morgan fingerprint density at radius 3 is 2.60 bits per heavy atom. The standard InChI is InChI=1S/C13H15BrN2O2S2/c1-15-8-10-4-2-3-5-13(10)20(17,18)16-9-12-11(14)6-7-19-12/h2-7,15-16H,8-9H2,1H3. The van der Waals surface area contributed by atoms with Crippen molar-refractivity contribution in [2.75, 3.05) is 7.05 Å². The van der Waals surface area contributed by atoms with Gasteiger partial charge in [0.25, 0.3) is 0 Å². The summed E-state index contributed by atoms with van der Waals surface area (Å²) < 4.78 is 28.3. The van der Waals surface area contributed by atoms with Crippen molar-refractivity contribution in [3.8, 4) is 0 Å². The molecule has 0 unspecified atom stereocenters. The molecule has 2 rings (SSSR count). The van der Waals surface area contributed by atoms with Gasteiger partial charge in [0.1, 0.15) is 0 Å². The molecule has 0 bridgehead atoms. The second-order valence-corrected chi connectivity index (χ2v) is 7.74. The monoisotopic (exact) mass is 374 g/mol. The van der Waals surface area contributed by atoms with Gasteiger partial charge in [-0.05, 0) is 46.1 Å². The molecule has 0 saturated heterocycles. The van der Waals surface area contributed by atoms with Crippen molar-refractivity contribution >= 4 is 37.3 Å². The molecule has 0 aliphatic heterocycles. The number of hydrogen-bond acceptors (Lipinski definition) is 4. The molecule has 0 amide bonds. The highest BCUT2D eigenvalue weighted by Crippen LogP contribution is 2.23. The molecule has 1 heterocycles. The van der Waals surface area contributed by atoms with Gasteiger partial charge in [0.05, 0.1) is 4.90 Å². The highest BCUT2D eigenvalue weighted by Gasteiger charge is 2.18. The average molecular weight is 375 g/mol. The van der Waals surface area contributed by atoms with Crippen molar-refractivity contribution in [3.63, 3.8) is 0 Å². The fraction of sp³-hybridized carbons (Fsp3) is 0.231. The highest BCUT2D eigenvalue weighted by atomic mass is 79.9. The first-order valence-electron chi connectivity index (χ1n) is 5.98. The molecule has 0 fully saturated rings. The Hall–Kier alpha value is -0.730. The zero-order valence-corrected chi connectivity index (χ0v) is 14.1. The van der Waals surface area contributed by atoms with Crippen LogP contribution in [0.3, 0.4) is 0 Å². The third-order valence-corrected chi connectivity index (χ3v) is 6.17. The number of hydrogen-bond donors (Lipinski definition) is 2. The molecule has 2 aromatic rings. The average Bonchev–Trinajstić information content (AvgIpc) is 2.83. The Kier molecular flexibility index (Phi) is 5.34. The number of halogens is 1. The molecule has 4 nitrogen and oxygen atoms in total. The van der Waals surface area contributed by atoms with Crippen LogP contribution in [0.25, 0.3) is 0 Å². The van der Waals surface area contributed by atoms with E-state index in [0.29, 0.717) is 11.4 Å². The topological polar surface area (TPSA) is 58.2 Å². The predicted molar refractivity (Wildman–Crippen MR) is 85.3 cm³/mol. The van der Waals surface area contributed by atoms with Crippen LogP contribution in [-0.4, -0.2) is 15.5 Å². The summed E-state index contributed by atoms with van der Waals surface area (Å²) in [5.41, 5.74) is 0.757. The molecule has 0 radical (unpaired) electrons. The van der Waals surface area contributed by atoms with E-state index in [-0.39, 0.29) is 6.54 Å². The Balaban J connectivity index is 2.20. The molecular formula is C13H15BrN2O2S2. The van der Waals surface area contributed by atoms with Crippen molar-refractivity contribution in [2.24, 2.45) is 0 Å². The molecule has 0 saturated carbocycles. The first-order chi connectivity index (χ1) is 9.54. The number of rotatable bonds is 6. The van der Waals surface area contributed by atoms with Crippen LogP contribution in [0.4, 0.5) is 0 Å². The molecule has 20 heavy (non-hydrogen) atoms. The second kappa shape index (κ2) is 6.82. The molecule has 108 valence electrons. The molecule has 1 aromatic heterocycles. The van der Waals surface area contributed by atoms with E-state index < -0.39 is 10.0 Å².